The van der Waals surface area contributed by atoms with Gasteiger partial charge in [0.05, 0.1) is 30.3 Å². The zero-order valence-electron chi connectivity index (χ0n) is 18.5. The molecule has 3 aromatic rings. The number of benzene rings is 3. The lowest BCUT2D eigenvalue weighted by atomic mass is 10.1. The Balaban J connectivity index is 1.60. The summed E-state index contributed by atoms with van der Waals surface area (Å²) in [4.78, 5) is 24.1. The number of carbonyl (C=O) groups is 2. The second kappa shape index (κ2) is 12.3. The Morgan fingerprint density at radius 2 is 1.89 bits per heavy atom. The molecule has 2 amide bonds. The molecular formula is C25H20BrFN4O4. The molecule has 0 radical (unpaired) electrons. The number of carbonyl (C=O) groups excluding carboxylic acids is 2. The molecule has 0 saturated heterocycles. The van der Waals surface area contributed by atoms with Gasteiger partial charge in [-0.25, -0.2) is 9.82 Å². The molecule has 8 nitrogen and oxygen atoms in total. The maximum Gasteiger partial charge on any atom is 0.329 e. The number of hydrogen-bond donors (Lipinski definition) is 2. The molecular weight excluding hydrogens is 519 g/mol. The molecule has 178 valence electrons. The average Bonchev–Trinajstić information content (AvgIpc) is 2.85. The number of hydrazone groups is 1. The number of hydrogen-bond acceptors (Lipinski definition) is 6. The highest BCUT2D eigenvalue weighted by molar-refractivity contribution is 9.10. The number of nitriles is 1. The Morgan fingerprint density at radius 1 is 1.14 bits per heavy atom. The number of methoxy groups -OCH3 is 1. The average molecular weight is 539 g/mol. The van der Waals surface area contributed by atoms with Gasteiger partial charge in [0.1, 0.15) is 12.4 Å². The van der Waals surface area contributed by atoms with Crippen molar-refractivity contribution in [3.8, 4) is 17.6 Å². The van der Waals surface area contributed by atoms with E-state index in [1.165, 1.54) is 19.4 Å². The second-order valence-corrected chi connectivity index (χ2v) is 7.95. The number of halogens is 2. The van der Waals surface area contributed by atoms with Crippen molar-refractivity contribution in [2.75, 3.05) is 12.4 Å². The molecule has 0 aliphatic rings. The lowest BCUT2D eigenvalue weighted by Crippen LogP contribution is -2.32. The van der Waals surface area contributed by atoms with Gasteiger partial charge >= 0.3 is 11.8 Å². The molecule has 0 aliphatic carbocycles. The van der Waals surface area contributed by atoms with Gasteiger partial charge in [-0.2, -0.15) is 10.4 Å². The molecule has 0 spiro atoms. The van der Waals surface area contributed by atoms with Crippen LogP contribution < -0.4 is 20.2 Å². The van der Waals surface area contributed by atoms with Crippen molar-refractivity contribution in [1.29, 1.82) is 5.26 Å². The van der Waals surface area contributed by atoms with Crippen LogP contribution in [0.15, 0.2) is 70.2 Å². The van der Waals surface area contributed by atoms with E-state index in [1.54, 1.807) is 54.6 Å². The number of nitrogens with one attached hydrogen (secondary N) is 2. The Bertz CT molecular complexity index is 1290. The molecule has 0 atom stereocenters. The quantitative estimate of drug-likeness (QED) is 0.252. The van der Waals surface area contributed by atoms with Gasteiger partial charge < -0.3 is 14.8 Å². The van der Waals surface area contributed by atoms with Crippen LogP contribution in [-0.2, 0) is 22.6 Å². The van der Waals surface area contributed by atoms with Crippen molar-refractivity contribution in [1.82, 2.24) is 5.43 Å². The third-order valence-corrected chi connectivity index (χ3v) is 5.25. The highest BCUT2D eigenvalue weighted by atomic mass is 79.9. The summed E-state index contributed by atoms with van der Waals surface area (Å²) in [6.07, 6.45) is 1.58. The van der Waals surface area contributed by atoms with Crippen LogP contribution in [0.2, 0.25) is 0 Å². The normalized spacial score (nSPS) is 10.5. The molecule has 3 rings (SSSR count). The van der Waals surface area contributed by atoms with Gasteiger partial charge in [0.15, 0.2) is 11.5 Å². The minimum atomic E-state index is -0.960. The Hall–Kier alpha value is -4.23. The van der Waals surface area contributed by atoms with Gasteiger partial charge in [0.2, 0.25) is 0 Å². The minimum Gasteiger partial charge on any atom is -0.493 e. The topological polar surface area (TPSA) is 113 Å². The van der Waals surface area contributed by atoms with E-state index in [0.29, 0.717) is 32.8 Å². The fourth-order valence-electron chi connectivity index (χ4n) is 2.92. The summed E-state index contributed by atoms with van der Waals surface area (Å²) < 4.78 is 25.5. The van der Waals surface area contributed by atoms with E-state index in [4.69, 9.17) is 14.7 Å². The first-order chi connectivity index (χ1) is 16.9. The van der Waals surface area contributed by atoms with Gasteiger partial charge in [-0.15, -0.1) is 0 Å². The summed E-state index contributed by atoms with van der Waals surface area (Å²) in [6, 6.07) is 18.2. The molecule has 0 aromatic heterocycles. The summed E-state index contributed by atoms with van der Waals surface area (Å²) >= 11 is 3.40. The SMILES string of the molecule is COc1cc(/C=N/NC(=O)C(=O)Nc2ccc(CC#N)cc2)cc(Br)c1OCc1ccccc1F. The molecule has 0 unspecified atom stereocenters. The van der Waals surface area contributed by atoms with Gasteiger partial charge in [-0.3, -0.25) is 9.59 Å². The van der Waals surface area contributed by atoms with E-state index in [-0.39, 0.29) is 18.8 Å². The maximum absolute atomic E-state index is 13.9. The first-order valence-electron chi connectivity index (χ1n) is 10.2. The largest absolute Gasteiger partial charge is 0.493 e. The Kier molecular flexibility index (Phi) is 8.92. The number of rotatable bonds is 8. The maximum atomic E-state index is 13.9. The fourth-order valence-corrected chi connectivity index (χ4v) is 3.50. The van der Waals surface area contributed by atoms with Crippen molar-refractivity contribution in [3.05, 3.63) is 87.6 Å². The van der Waals surface area contributed by atoms with Crippen LogP contribution in [0.25, 0.3) is 0 Å². The van der Waals surface area contributed by atoms with Crippen molar-refractivity contribution in [3.63, 3.8) is 0 Å². The molecule has 2 N–H and O–H groups in total. The molecule has 35 heavy (non-hydrogen) atoms. The van der Waals surface area contributed by atoms with Crippen LogP contribution in [-0.4, -0.2) is 25.1 Å². The predicted molar refractivity (Wildman–Crippen MR) is 132 cm³/mol. The van der Waals surface area contributed by atoms with Crippen molar-refractivity contribution in [2.45, 2.75) is 13.0 Å². The van der Waals surface area contributed by atoms with Crippen molar-refractivity contribution < 1.29 is 23.5 Å². The molecule has 0 heterocycles. The first-order valence-corrected chi connectivity index (χ1v) is 11.0. The van der Waals surface area contributed by atoms with Crippen LogP contribution in [0.1, 0.15) is 16.7 Å². The molecule has 0 saturated carbocycles. The zero-order valence-corrected chi connectivity index (χ0v) is 20.1. The van der Waals surface area contributed by atoms with Crippen LogP contribution in [0.4, 0.5) is 10.1 Å². The highest BCUT2D eigenvalue weighted by Crippen LogP contribution is 2.37. The number of amides is 2. The van der Waals surface area contributed by atoms with Gasteiger partial charge in [-0.1, -0.05) is 30.3 Å². The van der Waals surface area contributed by atoms with Crippen LogP contribution >= 0.6 is 15.9 Å². The zero-order chi connectivity index (χ0) is 25.2. The van der Waals surface area contributed by atoms with E-state index in [9.17, 15) is 14.0 Å². The number of anilines is 1. The van der Waals surface area contributed by atoms with E-state index in [1.807, 2.05) is 6.07 Å². The van der Waals surface area contributed by atoms with Crippen molar-refractivity contribution in [2.24, 2.45) is 5.10 Å². The summed E-state index contributed by atoms with van der Waals surface area (Å²) in [7, 11) is 1.46. The summed E-state index contributed by atoms with van der Waals surface area (Å²) in [5.74, 6) is -1.50. The van der Waals surface area contributed by atoms with Gasteiger partial charge in [0.25, 0.3) is 0 Å². The third kappa shape index (κ3) is 7.12. The first kappa shape index (κ1) is 25.4. The molecule has 10 heteroatoms. The standard InChI is InChI=1S/C25H20BrFN4O4/c1-34-22-13-17(12-20(26)23(22)35-15-18-4-2-3-5-21(18)27)14-29-31-25(33)24(32)30-19-8-6-16(7-9-19)10-11-28/h2-9,12-14H,10,15H2,1H3,(H,30,32)(H,31,33)/b29-14+. The molecule has 3 aromatic carbocycles. The van der Waals surface area contributed by atoms with Crippen LogP contribution in [0.5, 0.6) is 11.5 Å². The molecule has 0 fully saturated rings. The smallest absolute Gasteiger partial charge is 0.329 e. The Morgan fingerprint density at radius 3 is 2.57 bits per heavy atom. The summed E-state index contributed by atoms with van der Waals surface area (Å²) in [6.45, 7) is 0.00128. The summed E-state index contributed by atoms with van der Waals surface area (Å²) in [5.41, 5.74) is 4.30. The number of ether oxygens (including phenoxy) is 2. The van der Waals surface area contributed by atoms with E-state index in [2.05, 4.69) is 31.8 Å². The lowest BCUT2D eigenvalue weighted by Gasteiger charge is -2.14. The monoisotopic (exact) mass is 538 g/mol. The number of nitrogens with zero attached hydrogens (tertiary/aromatic N) is 2. The van der Waals surface area contributed by atoms with Crippen molar-refractivity contribution >= 4 is 39.6 Å². The van der Waals surface area contributed by atoms with Gasteiger partial charge in [0, 0.05) is 11.3 Å². The Labute approximate surface area is 209 Å². The minimum absolute atomic E-state index is 0.00128. The van der Waals surface area contributed by atoms with Gasteiger partial charge in [-0.05, 0) is 57.4 Å². The van der Waals surface area contributed by atoms with E-state index < -0.39 is 11.8 Å². The third-order valence-electron chi connectivity index (χ3n) is 4.66. The predicted octanol–water partition coefficient (Wildman–Crippen LogP) is 4.33. The fraction of sp³-hybridized carbons (Fsp3) is 0.120. The van der Waals surface area contributed by atoms with E-state index >= 15 is 0 Å². The second-order valence-electron chi connectivity index (χ2n) is 7.10. The lowest BCUT2D eigenvalue weighted by molar-refractivity contribution is -0.136. The summed E-state index contributed by atoms with van der Waals surface area (Å²) in [5, 5.41) is 14.9. The molecule has 0 bridgehead atoms. The van der Waals surface area contributed by atoms with Crippen LogP contribution in [0.3, 0.4) is 0 Å². The molecule has 0 aliphatic heterocycles. The van der Waals surface area contributed by atoms with E-state index in [0.717, 1.165) is 5.56 Å². The van der Waals surface area contributed by atoms with Crippen LogP contribution in [0, 0.1) is 17.1 Å². The highest BCUT2D eigenvalue weighted by Gasteiger charge is 2.14.